The Bertz CT molecular complexity index is 1520. The molecule has 1 N–H and O–H groups in total. The minimum Gasteiger partial charge on any atom is -0.345 e. The molecule has 3 aromatic rings. The lowest BCUT2D eigenvalue weighted by Crippen LogP contribution is -2.51. The van der Waals surface area contributed by atoms with Crippen molar-refractivity contribution in [2.75, 3.05) is 31.1 Å². The number of rotatable bonds is 5. The third-order valence-corrected chi connectivity index (χ3v) is 8.82. The van der Waals surface area contributed by atoms with Crippen LogP contribution >= 0.6 is 11.3 Å². The number of benzene rings is 1. The zero-order chi connectivity index (χ0) is 27.1. The fourth-order valence-corrected chi connectivity index (χ4v) is 6.56. The van der Waals surface area contributed by atoms with E-state index in [2.05, 4.69) is 20.7 Å². The summed E-state index contributed by atoms with van der Waals surface area (Å²) in [6.45, 7) is 4.12. The SMILES string of the molecule is Cc1ccc2nc(N3CCN(C(=O)C4CC=CC=C4NS(=O)(=O)c4ccc(C(F)(F)F)cn4)CC3)sc2c1. The first kappa shape index (κ1) is 26.2. The Balaban J connectivity index is 1.25. The molecule has 1 aliphatic heterocycles. The van der Waals surface area contributed by atoms with Crippen LogP contribution < -0.4 is 9.62 Å². The third-order valence-electron chi connectivity index (χ3n) is 6.44. The molecule has 2 aromatic heterocycles. The number of hydrogen-bond acceptors (Lipinski definition) is 7. The highest BCUT2D eigenvalue weighted by Gasteiger charge is 2.34. The van der Waals surface area contributed by atoms with Gasteiger partial charge in [0.1, 0.15) is 0 Å². The second kappa shape index (κ2) is 10.0. The van der Waals surface area contributed by atoms with E-state index in [1.807, 2.05) is 19.1 Å². The van der Waals surface area contributed by atoms with Crippen LogP contribution in [0.1, 0.15) is 17.5 Å². The van der Waals surface area contributed by atoms with Crippen molar-refractivity contribution < 1.29 is 26.4 Å². The molecule has 0 radical (unpaired) electrons. The molecule has 5 rings (SSSR count). The lowest BCUT2D eigenvalue weighted by Gasteiger charge is -2.37. The van der Waals surface area contributed by atoms with E-state index in [1.165, 1.54) is 11.6 Å². The van der Waals surface area contributed by atoms with Gasteiger partial charge in [-0.3, -0.25) is 9.52 Å². The Kier molecular flexibility index (Phi) is 6.90. The van der Waals surface area contributed by atoms with Crippen molar-refractivity contribution in [3.05, 3.63) is 71.6 Å². The summed E-state index contributed by atoms with van der Waals surface area (Å²) in [7, 11) is -4.30. The van der Waals surface area contributed by atoms with Gasteiger partial charge in [-0.2, -0.15) is 21.6 Å². The van der Waals surface area contributed by atoms with Crippen molar-refractivity contribution in [2.24, 2.45) is 5.92 Å². The molecule has 0 spiro atoms. The standard InChI is InChI=1S/C25H24F3N5O3S2/c1-16-6-8-20-21(14-16)37-24(30-20)33-12-10-32(11-13-33)23(34)18-4-2-3-5-19(18)31-38(35,36)22-9-7-17(15-29-22)25(26,27)28/h2-3,5-9,14-15,18,31H,4,10-13H2,1H3. The van der Waals surface area contributed by atoms with Gasteiger partial charge < -0.3 is 9.80 Å². The topological polar surface area (TPSA) is 95.5 Å². The van der Waals surface area contributed by atoms with Gasteiger partial charge in [-0.05, 0) is 49.2 Å². The van der Waals surface area contributed by atoms with Crippen molar-refractivity contribution in [3.63, 3.8) is 0 Å². The molecule has 2 aliphatic rings. The summed E-state index contributed by atoms with van der Waals surface area (Å²) in [6, 6.07) is 7.57. The predicted octanol–water partition coefficient (Wildman–Crippen LogP) is 4.11. The van der Waals surface area contributed by atoms with Crippen LogP contribution in [0.2, 0.25) is 0 Å². The molecule has 1 aromatic carbocycles. The highest BCUT2D eigenvalue weighted by molar-refractivity contribution is 7.89. The van der Waals surface area contributed by atoms with Gasteiger partial charge >= 0.3 is 6.18 Å². The Morgan fingerprint density at radius 3 is 2.58 bits per heavy atom. The lowest BCUT2D eigenvalue weighted by molar-refractivity contribution is -0.138. The Morgan fingerprint density at radius 2 is 1.89 bits per heavy atom. The number of hydrogen-bond donors (Lipinski definition) is 1. The molecule has 0 saturated carbocycles. The summed E-state index contributed by atoms with van der Waals surface area (Å²) < 4.78 is 67.6. The number of nitrogens with one attached hydrogen (secondary N) is 1. The number of amides is 1. The number of nitrogens with zero attached hydrogens (tertiary/aromatic N) is 4. The molecule has 0 bridgehead atoms. The summed E-state index contributed by atoms with van der Waals surface area (Å²) in [6.07, 6.45) is 1.04. The summed E-state index contributed by atoms with van der Waals surface area (Å²) in [4.78, 5) is 25.4. The molecule has 3 heterocycles. The van der Waals surface area contributed by atoms with Crippen LogP contribution in [0.5, 0.6) is 0 Å². The molecule has 1 fully saturated rings. The van der Waals surface area contributed by atoms with Crippen LogP contribution in [0.3, 0.4) is 0 Å². The van der Waals surface area contributed by atoms with Crippen molar-refractivity contribution >= 4 is 42.6 Å². The van der Waals surface area contributed by atoms with Gasteiger partial charge in [0.2, 0.25) is 5.91 Å². The molecule has 1 atom stereocenters. The second-order valence-electron chi connectivity index (χ2n) is 9.11. The molecular formula is C25H24F3N5O3S2. The van der Waals surface area contributed by atoms with Gasteiger partial charge in [0.25, 0.3) is 10.0 Å². The first-order chi connectivity index (χ1) is 18.0. The van der Waals surface area contributed by atoms with E-state index < -0.39 is 32.7 Å². The molecule has 1 amide bonds. The van der Waals surface area contributed by atoms with Crippen LogP contribution in [-0.4, -0.2) is 55.4 Å². The van der Waals surface area contributed by atoms with Crippen LogP contribution in [0.25, 0.3) is 10.2 Å². The van der Waals surface area contributed by atoms with E-state index in [0.717, 1.165) is 21.4 Å². The van der Waals surface area contributed by atoms with Crippen molar-refractivity contribution in [2.45, 2.75) is 24.5 Å². The number of allylic oxidation sites excluding steroid dienone is 3. The highest BCUT2D eigenvalue weighted by Crippen LogP contribution is 2.31. The van der Waals surface area contributed by atoms with Crippen molar-refractivity contribution in [1.29, 1.82) is 0 Å². The summed E-state index contributed by atoms with van der Waals surface area (Å²) in [5.41, 5.74) is 1.21. The van der Waals surface area contributed by atoms with Crippen LogP contribution in [0, 0.1) is 12.8 Å². The number of fused-ring (bicyclic) bond motifs is 1. The van der Waals surface area contributed by atoms with Gasteiger partial charge in [-0.15, -0.1) is 0 Å². The summed E-state index contributed by atoms with van der Waals surface area (Å²) >= 11 is 1.61. The lowest BCUT2D eigenvalue weighted by atomic mass is 9.95. The van der Waals surface area contributed by atoms with Crippen LogP contribution in [0.4, 0.5) is 18.3 Å². The molecular weight excluding hydrogens is 539 g/mol. The fourth-order valence-electron chi connectivity index (χ4n) is 4.38. The summed E-state index contributed by atoms with van der Waals surface area (Å²) in [5, 5.41) is 0.336. The zero-order valence-electron chi connectivity index (χ0n) is 20.3. The number of anilines is 1. The first-order valence-corrected chi connectivity index (χ1v) is 14.1. The number of aryl methyl sites for hydroxylation is 1. The van der Waals surface area contributed by atoms with Crippen molar-refractivity contribution in [1.82, 2.24) is 19.6 Å². The zero-order valence-corrected chi connectivity index (χ0v) is 21.9. The minimum absolute atomic E-state index is 0.156. The highest BCUT2D eigenvalue weighted by atomic mass is 32.2. The number of sulfonamides is 1. The maximum Gasteiger partial charge on any atom is 0.417 e. The second-order valence-corrected chi connectivity index (χ2v) is 11.7. The van der Waals surface area contributed by atoms with Gasteiger partial charge in [0, 0.05) is 38.1 Å². The molecule has 1 aliphatic carbocycles. The van der Waals surface area contributed by atoms with E-state index in [9.17, 15) is 26.4 Å². The number of pyridine rings is 1. The van der Waals surface area contributed by atoms with Gasteiger partial charge in [-0.1, -0.05) is 29.6 Å². The molecule has 13 heteroatoms. The van der Waals surface area contributed by atoms with Crippen LogP contribution in [0.15, 0.2) is 65.5 Å². The number of aromatic nitrogens is 2. The van der Waals surface area contributed by atoms with Gasteiger partial charge in [-0.25, -0.2) is 9.97 Å². The first-order valence-electron chi connectivity index (χ1n) is 11.8. The molecule has 8 nitrogen and oxygen atoms in total. The average molecular weight is 564 g/mol. The minimum atomic E-state index is -4.63. The Hall–Kier alpha value is -3.45. The Morgan fingerprint density at radius 1 is 1.13 bits per heavy atom. The van der Waals surface area contributed by atoms with E-state index >= 15 is 0 Å². The van der Waals surface area contributed by atoms with Crippen molar-refractivity contribution in [3.8, 4) is 0 Å². The number of carbonyl (C=O) groups is 1. The monoisotopic (exact) mass is 563 g/mol. The molecule has 1 unspecified atom stereocenters. The molecule has 38 heavy (non-hydrogen) atoms. The van der Waals surface area contributed by atoms with Crippen LogP contribution in [-0.2, 0) is 21.0 Å². The maximum atomic E-state index is 13.4. The number of piperazine rings is 1. The van der Waals surface area contributed by atoms with E-state index in [-0.39, 0.29) is 11.6 Å². The fraction of sp³-hybridized carbons (Fsp3) is 0.320. The smallest absolute Gasteiger partial charge is 0.345 e. The quantitative estimate of drug-likeness (QED) is 0.502. The number of carbonyl (C=O) groups excluding carboxylic acids is 1. The van der Waals surface area contributed by atoms with Gasteiger partial charge in [0.05, 0.1) is 21.7 Å². The van der Waals surface area contributed by atoms with E-state index in [4.69, 9.17) is 4.98 Å². The average Bonchev–Trinajstić information content (AvgIpc) is 3.31. The van der Waals surface area contributed by atoms with E-state index in [0.29, 0.717) is 44.9 Å². The number of thiazole rings is 1. The molecule has 1 saturated heterocycles. The van der Waals surface area contributed by atoms with E-state index in [1.54, 1.807) is 28.4 Å². The largest absolute Gasteiger partial charge is 0.417 e. The third kappa shape index (κ3) is 5.39. The Labute approximate surface area is 221 Å². The van der Waals surface area contributed by atoms with Gasteiger partial charge in [0.15, 0.2) is 10.2 Å². The summed E-state index contributed by atoms with van der Waals surface area (Å²) in [5.74, 6) is -0.982. The normalized spacial score (nSPS) is 18.5. The predicted molar refractivity (Wildman–Crippen MR) is 138 cm³/mol. The number of halogens is 3. The maximum absolute atomic E-state index is 13.4. The molecule has 200 valence electrons. The number of alkyl halides is 3.